The van der Waals surface area contributed by atoms with Crippen molar-refractivity contribution in [1.82, 2.24) is 5.32 Å². The van der Waals surface area contributed by atoms with E-state index in [9.17, 15) is 9.59 Å². The summed E-state index contributed by atoms with van der Waals surface area (Å²) in [5.41, 5.74) is 2.84. The Kier molecular flexibility index (Phi) is 5.76. The molecule has 0 aliphatic carbocycles. The van der Waals surface area contributed by atoms with E-state index in [1.54, 1.807) is 12.1 Å². The molecule has 0 radical (unpaired) electrons. The maximum Gasteiger partial charge on any atom is 0.331 e. The minimum Gasteiger partial charge on any atom is -0.454 e. The topological polar surface area (TPSA) is 73.9 Å². The van der Waals surface area contributed by atoms with E-state index in [0.717, 1.165) is 16.7 Å². The van der Waals surface area contributed by atoms with Crippen LogP contribution in [0.1, 0.15) is 23.6 Å². The molecule has 140 valence electrons. The van der Waals surface area contributed by atoms with Crippen LogP contribution >= 0.6 is 0 Å². The van der Waals surface area contributed by atoms with Crippen LogP contribution in [0.2, 0.25) is 0 Å². The third-order valence-electron chi connectivity index (χ3n) is 4.15. The third-order valence-corrected chi connectivity index (χ3v) is 4.15. The Balaban J connectivity index is 1.48. The van der Waals surface area contributed by atoms with Crippen LogP contribution < -0.4 is 14.8 Å². The molecule has 0 saturated heterocycles. The van der Waals surface area contributed by atoms with Crippen molar-refractivity contribution in [3.05, 3.63) is 65.2 Å². The first-order chi connectivity index (χ1) is 13.0. The SMILES string of the molecule is Cc1ccccc1/C=C/C(=O)O[C@H](C)C(=O)NCc1ccc2c(c1)OCO2. The minimum atomic E-state index is -0.895. The number of carbonyl (C=O) groups excluding carboxylic acids is 2. The molecule has 1 aliphatic rings. The summed E-state index contributed by atoms with van der Waals surface area (Å²) in [5.74, 6) is 0.407. The lowest BCUT2D eigenvalue weighted by Gasteiger charge is -2.12. The number of carbonyl (C=O) groups is 2. The average molecular weight is 367 g/mol. The molecule has 6 nitrogen and oxygen atoms in total. The lowest BCUT2D eigenvalue weighted by atomic mass is 10.1. The molecule has 3 rings (SSSR count). The number of hydrogen-bond donors (Lipinski definition) is 1. The van der Waals surface area contributed by atoms with Crippen molar-refractivity contribution in [2.24, 2.45) is 0 Å². The zero-order valence-electron chi connectivity index (χ0n) is 15.2. The Hall–Kier alpha value is -3.28. The largest absolute Gasteiger partial charge is 0.454 e. The molecule has 2 aromatic carbocycles. The standard InChI is InChI=1S/C21H21NO5/c1-14-5-3-4-6-17(14)8-10-20(23)27-15(2)21(24)22-12-16-7-9-18-19(11-16)26-13-25-18/h3-11,15H,12-13H2,1-2H3,(H,22,24)/b10-8+/t15-/m1/s1. The number of nitrogens with one attached hydrogen (secondary N) is 1. The van der Waals surface area contributed by atoms with Crippen molar-refractivity contribution in [2.45, 2.75) is 26.5 Å². The third kappa shape index (κ3) is 4.88. The number of esters is 1. The van der Waals surface area contributed by atoms with E-state index < -0.39 is 12.1 Å². The molecule has 1 aliphatic heterocycles. The van der Waals surface area contributed by atoms with Crippen LogP contribution in [0.5, 0.6) is 11.5 Å². The van der Waals surface area contributed by atoms with Crippen LogP contribution in [0.25, 0.3) is 6.08 Å². The van der Waals surface area contributed by atoms with E-state index in [-0.39, 0.29) is 12.7 Å². The minimum absolute atomic E-state index is 0.203. The number of fused-ring (bicyclic) bond motifs is 1. The Morgan fingerprint density at radius 2 is 1.96 bits per heavy atom. The Morgan fingerprint density at radius 1 is 1.19 bits per heavy atom. The van der Waals surface area contributed by atoms with Gasteiger partial charge in [-0.15, -0.1) is 0 Å². The molecule has 0 bridgehead atoms. The van der Waals surface area contributed by atoms with E-state index in [2.05, 4.69) is 5.32 Å². The van der Waals surface area contributed by atoms with Crippen LogP contribution in [0.15, 0.2) is 48.5 Å². The quantitative estimate of drug-likeness (QED) is 0.628. The van der Waals surface area contributed by atoms with Gasteiger partial charge in [-0.1, -0.05) is 30.3 Å². The van der Waals surface area contributed by atoms with Gasteiger partial charge in [0.05, 0.1) is 0 Å². The fourth-order valence-electron chi connectivity index (χ4n) is 2.58. The average Bonchev–Trinajstić information content (AvgIpc) is 3.13. The summed E-state index contributed by atoms with van der Waals surface area (Å²) in [6.45, 7) is 4.00. The molecule has 0 saturated carbocycles. The van der Waals surface area contributed by atoms with E-state index in [1.807, 2.05) is 43.3 Å². The predicted octanol–water partition coefficient (Wildman–Crippen LogP) is 2.99. The summed E-state index contributed by atoms with van der Waals surface area (Å²) >= 11 is 0. The number of hydrogen-bond acceptors (Lipinski definition) is 5. The highest BCUT2D eigenvalue weighted by Gasteiger charge is 2.17. The number of amides is 1. The molecule has 27 heavy (non-hydrogen) atoms. The number of benzene rings is 2. The fourth-order valence-corrected chi connectivity index (χ4v) is 2.58. The first-order valence-corrected chi connectivity index (χ1v) is 8.63. The maximum atomic E-state index is 12.1. The van der Waals surface area contributed by atoms with Gasteiger partial charge in [0.15, 0.2) is 17.6 Å². The molecule has 0 aromatic heterocycles. The smallest absolute Gasteiger partial charge is 0.331 e. The monoisotopic (exact) mass is 367 g/mol. The molecule has 6 heteroatoms. The van der Waals surface area contributed by atoms with Crippen molar-refractivity contribution in [1.29, 1.82) is 0 Å². The molecule has 1 heterocycles. The summed E-state index contributed by atoms with van der Waals surface area (Å²) in [7, 11) is 0. The van der Waals surface area contributed by atoms with Gasteiger partial charge >= 0.3 is 5.97 Å². The highest BCUT2D eigenvalue weighted by molar-refractivity contribution is 5.90. The van der Waals surface area contributed by atoms with Gasteiger partial charge in [0.2, 0.25) is 6.79 Å². The van der Waals surface area contributed by atoms with Crippen LogP contribution in [0.3, 0.4) is 0 Å². The van der Waals surface area contributed by atoms with E-state index in [1.165, 1.54) is 13.0 Å². The van der Waals surface area contributed by atoms with Gasteiger partial charge in [-0.3, -0.25) is 4.79 Å². The van der Waals surface area contributed by atoms with Gasteiger partial charge in [0.25, 0.3) is 5.91 Å². The van der Waals surface area contributed by atoms with Crippen LogP contribution in [-0.2, 0) is 20.9 Å². The van der Waals surface area contributed by atoms with Gasteiger partial charge in [-0.05, 0) is 48.7 Å². The van der Waals surface area contributed by atoms with Crippen LogP contribution in [-0.4, -0.2) is 24.8 Å². The summed E-state index contributed by atoms with van der Waals surface area (Å²) in [6.07, 6.45) is 2.10. The molecule has 1 N–H and O–H groups in total. The van der Waals surface area contributed by atoms with Gasteiger partial charge in [-0.25, -0.2) is 4.79 Å². The first-order valence-electron chi connectivity index (χ1n) is 8.63. The summed E-state index contributed by atoms with van der Waals surface area (Å²) in [6, 6.07) is 13.1. The van der Waals surface area contributed by atoms with Crippen molar-refractivity contribution < 1.29 is 23.8 Å². The van der Waals surface area contributed by atoms with Crippen molar-refractivity contribution >= 4 is 18.0 Å². The second-order valence-corrected chi connectivity index (χ2v) is 6.17. The molecule has 1 atom stereocenters. The lowest BCUT2D eigenvalue weighted by Crippen LogP contribution is -2.35. The molecule has 0 spiro atoms. The van der Waals surface area contributed by atoms with Gasteiger partial charge in [0, 0.05) is 12.6 Å². The summed E-state index contributed by atoms with van der Waals surface area (Å²) < 4.78 is 15.7. The zero-order chi connectivity index (χ0) is 19.2. The summed E-state index contributed by atoms with van der Waals surface area (Å²) in [4.78, 5) is 24.1. The van der Waals surface area contributed by atoms with E-state index >= 15 is 0 Å². The molecule has 2 aromatic rings. The molecular formula is C21H21NO5. The first kappa shape index (κ1) is 18.5. The summed E-state index contributed by atoms with van der Waals surface area (Å²) in [5, 5.41) is 2.74. The second kappa shape index (κ2) is 8.40. The van der Waals surface area contributed by atoms with E-state index in [0.29, 0.717) is 18.0 Å². The van der Waals surface area contributed by atoms with Gasteiger partial charge < -0.3 is 19.5 Å². The molecule has 0 fully saturated rings. The zero-order valence-corrected chi connectivity index (χ0v) is 15.2. The lowest BCUT2D eigenvalue weighted by molar-refractivity contribution is -0.150. The predicted molar refractivity (Wildman–Crippen MR) is 100 cm³/mol. The number of rotatable bonds is 6. The number of ether oxygens (including phenoxy) is 3. The Labute approximate surface area is 157 Å². The van der Waals surface area contributed by atoms with E-state index in [4.69, 9.17) is 14.2 Å². The molecular weight excluding hydrogens is 346 g/mol. The van der Waals surface area contributed by atoms with Crippen molar-refractivity contribution in [3.8, 4) is 11.5 Å². The molecule has 1 amide bonds. The normalized spacial score (nSPS) is 13.4. The van der Waals surface area contributed by atoms with Crippen LogP contribution in [0, 0.1) is 6.92 Å². The maximum absolute atomic E-state index is 12.1. The van der Waals surface area contributed by atoms with Crippen molar-refractivity contribution in [3.63, 3.8) is 0 Å². The fraction of sp³-hybridized carbons (Fsp3) is 0.238. The van der Waals surface area contributed by atoms with Crippen molar-refractivity contribution in [2.75, 3.05) is 6.79 Å². The highest BCUT2D eigenvalue weighted by atomic mass is 16.7. The highest BCUT2D eigenvalue weighted by Crippen LogP contribution is 2.32. The van der Waals surface area contributed by atoms with Gasteiger partial charge in [0.1, 0.15) is 0 Å². The van der Waals surface area contributed by atoms with Crippen LogP contribution in [0.4, 0.5) is 0 Å². The Morgan fingerprint density at radius 3 is 2.78 bits per heavy atom. The number of aryl methyl sites for hydroxylation is 1. The molecule has 0 unspecified atom stereocenters. The Bertz CT molecular complexity index is 875. The van der Waals surface area contributed by atoms with Gasteiger partial charge in [-0.2, -0.15) is 0 Å². The second-order valence-electron chi connectivity index (χ2n) is 6.17.